The molecule has 0 fully saturated rings. The number of anilines is 1. The number of benzene rings is 3. The van der Waals surface area contributed by atoms with E-state index in [2.05, 4.69) is 21.2 Å². The molecule has 0 radical (unpaired) electrons. The maximum atomic E-state index is 12.8. The van der Waals surface area contributed by atoms with Crippen LogP contribution in [-0.2, 0) is 15.1 Å². The zero-order chi connectivity index (χ0) is 22.9. The predicted octanol–water partition coefficient (Wildman–Crippen LogP) is 4.44. The van der Waals surface area contributed by atoms with Gasteiger partial charge in [-0.15, -0.1) is 0 Å². The summed E-state index contributed by atoms with van der Waals surface area (Å²) < 4.78 is 6.93. The normalized spacial score (nSPS) is 19.1. The molecule has 0 spiro atoms. The van der Waals surface area contributed by atoms with Gasteiger partial charge in [0, 0.05) is 27.8 Å². The molecule has 2 N–H and O–H groups in total. The Labute approximate surface area is 198 Å². The third-order valence-corrected chi connectivity index (χ3v) is 6.32. The number of nitrogens with zero attached hydrogens (tertiary/aromatic N) is 1. The lowest BCUT2D eigenvalue weighted by atomic mass is 9.77. The minimum atomic E-state index is -1.41. The highest BCUT2D eigenvalue weighted by Crippen LogP contribution is 2.43. The number of halogens is 2. The highest BCUT2D eigenvalue weighted by molar-refractivity contribution is 9.10. The molecule has 0 aliphatic carbocycles. The Hall–Kier alpha value is -2.87. The highest BCUT2D eigenvalue weighted by Gasteiger charge is 2.51. The number of ether oxygens (including phenoxy) is 1. The van der Waals surface area contributed by atoms with Crippen LogP contribution in [0.1, 0.15) is 11.1 Å². The number of fused-ring (bicyclic) bond motifs is 1. The molecular weight excluding hydrogens is 496 g/mol. The Balaban J connectivity index is 2.00. The van der Waals surface area contributed by atoms with Crippen LogP contribution in [-0.4, -0.2) is 36.7 Å². The van der Waals surface area contributed by atoms with Crippen LogP contribution >= 0.6 is 27.5 Å². The molecule has 0 saturated heterocycles. The Bertz CT molecular complexity index is 1160. The second-order valence-corrected chi connectivity index (χ2v) is 8.78. The number of likely N-dealkylation sites (N-methyl/N-ethyl adjacent to an activating group) is 1. The molecule has 1 amide bonds. The molecule has 32 heavy (non-hydrogen) atoms. The fraction of sp³-hybridized carbons (Fsp3) is 0.167. The molecule has 3 aromatic carbocycles. The van der Waals surface area contributed by atoms with Gasteiger partial charge in [-0.05, 0) is 48.0 Å². The van der Waals surface area contributed by atoms with Crippen molar-refractivity contribution in [3.63, 3.8) is 0 Å². The lowest BCUT2D eigenvalue weighted by molar-refractivity contribution is -0.149. The third kappa shape index (κ3) is 3.99. The first-order valence-corrected chi connectivity index (χ1v) is 11.0. The topological polar surface area (TPSA) is 78.9 Å². The first-order valence-electron chi connectivity index (χ1n) is 9.85. The molecule has 0 bridgehead atoms. The lowest BCUT2D eigenvalue weighted by Gasteiger charge is -2.40. The maximum absolute atomic E-state index is 12.8. The van der Waals surface area contributed by atoms with E-state index in [4.69, 9.17) is 16.3 Å². The number of carbonyl (C=O) groups is 2. The van der Waals surface area contributed by atoms with Crippen LogP contribution in [0.25, 0.3) is 0 Å². The van der Waals surface area contributed by atoms with Crippen LogP contribution in [0.15, 0.2) is 77.3 Å². The van der Waals surface area contributed by atoms with Crippen molar-refractivity contribution in [2.45, 2.75) is 11.6 Å². The third-order valence-electron chi connectivity index (χ3n) is 5.55. The summed E-state index contributed by atoms with van der Waals surface area (Å²) in [6.07, 6.45) is -1.41. The molecule has 1 heterocycles. The molecular formula is C24H20BrClN2O4. The zero-order valence-corrected chi connectivity index (χ0v) is 19.4. The van der Waals surface area contributed by atoms with Crippen molar-refractivity contribution in [3.8, 4) is 5.75 Å². The van der Waals surface area contributed by atoms with E-state index in [0.29, 0.717) is 27.6 Å². The van der Waals surface area contributed by atoms with Crippen molar-refractivity contribution < 1.29 is 19.4 Å². The molecule has 164 valence electrons. The summed E-state index contributed by atoms with van der Waals surface area (Å²) in [5.74, 6) is -1.02. The van der Waals surface area contributed by atoms with E-state index in [1.165, 1.54) is 4.90 Å². The van der Waals surface area contributed by atoms with Crippen LogP contribution in [0, 0.1) is 0 Å². The van der Waals surface area contributed by atoms with E-state index < -0.39 is 17.6 Å². The van der Waals surface area contributed by atoms with Crippen LogP contribution < -0.4 is 15.0 Å². The number of nitrogens with one attached hydrogen (secondary N) is 1. The van der Waals surface area contributed by atoms with Gasteiger partial charge in [-0.25, -0.2) is 4.79 Å². The van der Waals surface area contributed by atoms with Gasteiger partial charge in [0.05, 0.1) is 6.54 Å². The van der Waals surface area contributed by atoms with Crippen LogP contribution in [0.3, 0.4) is 0 Å². The van der Waals surface area contributed by atoms with Crippen LogP contribution in [0.2, 0.25) is 5.02 Å². The summed E-state index contributed by atoms with van der Waals surface area (Å²) >= 11 is 9.74. The van der Waals surface area contributed by atoms with Crippen LogP contribution in [0.5, 0.6) is 5.75 Å². The van der Waals surface area contributed by atoms with Crippen molar-refractivity contribution in [1.82, 2.24) is 5.32 Å². The second-order valence-electron chi connectivity index (χ2n) is 7.43. The molecule has 4 rings (SSSR count). The summed E-state index contributed by atoms with van der Waals surface area (Å²) in [6.45, 7) is -0.0921. The number of carboxylic acid groups (broad SMARTS) is 1. The summed E-state index contributed by atoms with van der Waals surface area (Å²) in [6, 6.07) is 21.1. The molecule has 8 heteroatoms. The molecule has 0 unspecified atom stereocenters. The molecule has 3 aromatic rings. The van der Waals surface area contributed by atoms with Gasteiger partial charge in [0.2, 0.25) is 12.0 Å². The van der Waals surface area contributed by atoms with Crippen molar-refractivity contribution in [2.75, 3.05) is 18.5 Å². The predicted molar refractivity (Wildman–Crippen MR) is 126 cm³/mol. The van der Waals surface area contributed by atoms with E-state index >= 15 is 0 Å². The lowest BCUT2D eigenvalue weighted by Crippen LogP contribution is -2.58. The fourth-order valence-electron chi connectivity index (χ4n) is 4.00. The number of carbonyl (C=O) groups excluding carboxylic acids is 1. The van der Waals surface area contributed by atoms with Crippen molar-refractivity contribution in [2.24, 2.45) is 0 Å². The molecule has 2 atom stereocenters. The zero-order valence-electron chi connectivity index (χ0n) is 17.1. The Morgan fingerprint density at radius 2 is 1.84 bits per heavy atom. The number of hydrogen-bond donors (Lipinski definition) is 2. The summed E-state index contributed by atoms with van der Waals surface area (Å²) in [4.78, 5) is 27.0. The summed E-state index contributed by atoms with van der Waals surface area (Å²) in [5, 5.41) is 14.0. The van der Waals surface area contributed by atoms with Crippen molar-refractivity contribution in [1.29, 1.82) is 0 Å². The Kier molecular flexibility index (Phi) is 6.24. The highest BCUT2D eigenvalue weighted by atomic mass is 79.9. The number of carboxylic acids is 1. The van der Waals surface area contributed by atoms with Gasteiger partial charge in [-0.3, -0.25) is 10.1 Å². The van der Waals surface area contributed by atoms with Gasteiger partial charge in [-0.2, -0.15) is 0 Å². The van der Waals surface area contributed by atoms with E-state index in [9.17, 15) is 14.7 Å². The standard InChI is InChI=1S/C24H20BrClN2O4/c1-28-20-12-9-17(26)13-19(20)24(27-14-21(28)29,15-5-3-2-4-6-15)22(23(30)31)32-18-10-7-16(25)8-11-18/h2-13,22,27H,14H2,1H3,(H,30,31)/t22-,24+/m1/s1. The van der Waals surface area contributed by atoms with Gasteiger partial charge >= 0.3 is 5.97 Å². The SMILES string of the molecule is CN1C(=O)CN[C@](c2ccccc2)([C@H](Oc2ccc(Br)cc2)C(=O)O)c2cc(Cl)ccc21. The van der Waals surface area contributed by atoms with E-state index in [1.807, 2.05) is 30.3 Å². The Morgan fingerprint density at radius 3 is 2.50 bits per heavy atom. The van der Waals surface area contributed by atoms with E-state index in [1.54, 1.807) is 49.5 Å². The summed E-state index contributed by atoms with van der Waals surface area (Å²) in [7, 11) is 1.66. The quantitative estimate of drug-likeness (QED) is 0.525. The maximum Gasteiger partial charge on any atom is 0.347 e. The smallest absolute Gasteiger partial charge is 0.347 e. The van der Waals surface area contributed by atoms with E-state index in [-0.39, 0.29) is 12.5 Å². The average Bonchev–Trinajstić information content (AvgIpc) is 2.89. The molecule has 1 aliphatic heterocycles. The van der Waals surface area contributed by atoms with Crippen LogP contribution in [0.4, 0.5) is 5.69 Å². The largest absolute Gasteiger partial charge is 0.478 e. The van der Waals surface area contributed by atoms with Gasteiger partial charge < -0.3 is 14.7 Å². The van der Waals surface area contributed by atoms with Crippen molar-refractivity contribution in [3.05, 3.63) is 93.4 Å². The van der Waals surface area contributed by atoms with E-state index in [0.717, 1.165) is 4.47 Å². The number of amides is 1. The number of rotatable bonds is 5. The van der Waals surface area contributed by atoms with Gasteiger partial charge in [0.15, 0.2) is 0 Å². The summed E-state index contributed by atoms with van der Waals surface area (Å²) in [5.41, 5.74) is 0.324. The Morgan fingerprint density at radius 1 is 1.16 bits per heavy atom. The first kappa shape index (κ1) is 22.3. The minimum absolute atomic E-state index is 0.0921. The average molecular weight is 516 g/mol. The molecule has 0 aromatic heterocycles. The molecule has 1 aliphatic rings. The van der Waals surface area contributed by atoms with Crippen molar-refractivity contribution >= 4 is 45.1 Å². The minimum Gasteiger partial charge on any atom is -0.478 e. The second kappa shape index (κ2) is 8.94. The van der Waals surface area contributed by atoms with Gasteiger partial charge in [0.1, 0.15) is 11.3 Å². The number of hydrogen-bond acceptors (Lipinski definition) is 4. The molecule has 6 nitrogen and oxygen atoms in total. The fourth-order valence-corrected chi connectivity index (χ4v) is 4.43. The monoisotopic (exact) mass is 514 g/mol. The number of aliphatic carboxylic acids is 1. The first-order chi connectivity index (χ1) is 15.3. The van der Waals surface area contributed by atoms with Gasteiger partial charge in [0.25, 0.3) is 0 Å². The molecule has 0 saturated carbocycles. The van der Waals surface area contributed by atoms with Gasteiger partial charge in [-0.1, -0.05) is 57.9 Å².